The predicted octanol–water partition coefficient (Wildman–Crippen LogP) is 5.02. The van der Waals surface area contributed by atoms with Crippen LogP contribution in [0.2, 0.25) is 0 Å². The minimum absolute atomic E-state index is 0.219. The molecule has 0 bridgehead atoms. The molecule has 0 aliphatic carbocycles. The van der Waals surface area contributed by atoms with Gasteiger partial charge in [-0.15, -0.1) is 0 Å². The lowest BCUT2D eigenvalue weighted by Crippen LogP contribution is -2.42. The van der Waals surface area contributed by atoms with Gasteiger partial charge in [0.2, 0.25) is 0 Å². The maximum atomic E-state index is 12.7. The lowest BCUT2D eigenvalue weighted by molar-refractivity contribution is -0.148. The number of halogens is 1. The van der Waals surface area contributed by atoms with Crippen molar-refractivity contribution < 1.29 is 28.6 Å². The van der Waals surface area contributed by atoms with E-state index in [4.69, 9.17) is 9.47 Å². The summed E-state index contributed by atoms with van der Waals surface area (Å²) in [5.74, 6) is -0.0919. The minimum atomic E-state index is -0.994. The van der Waals surface area contributed by atoms with Crippen LogP contribution in [-0.4, -0.2) is 41.8 Å². The second-order valence-corrected chi connectivity index (χ2v) is 8.71. The van der Waals surface area contributed by atoms with E-state index in [-0.39, 0.29) is 4.91 Å². The molecule has 1 aliphatic rings. The molecular weight excluding hydrogens is 498 g/mol. The monoisotopic (exact) mass is 519 g/mol. The topological polar surface area (TPSA) is 82.1 Å². The Balaban J connectivity index is 1.79. The molecule has 7 nitrogen and oxygen atoms in total. The van der Waals surface area contributed by atoms with Crippen molar-refractivity contribution in [3.8, 4) is 11.5 Å². The Morgan fingerprint density at radius 2 is 1.84 bits per heavy atom. The van der Waals surface area contributed by atoms with Crippen molar-refractivity contribution in [2.45, 2.75) is 26.5 Å². The molecule has 1 fully saturated rings. The number of benzene rings is 2. The van der Waals surface area contributed by atoms with Crippen molar-refractivity contribution in [3.63, 3.8) is 0 Å². The van der Waals surface area contributed by atoms with E-state index in [1.807, 2.05) is 31.2 Å². The number of rotatable bonds is 8. The summed E-state index contributed by atoms with van der Waals surface area (Å²) in [5.41, 5.74) is 1.67. The summed E-state index contributed by atoms with van der Waals surface area (Å²) >= 11 is 4.19. The van der Waals surface area contributed by atoms with Crippen molar-refractivity contribution in [3.05, 3.63) is 63.0 Å². The minimum Gasteiger partial charge on any atom is -0.490 e. The van der Waals surface area contributed by atoms with Gasteiger partial charge in [-0.1, -0.05) is 34.1 Å². The summed E-state index contributed by atoms with van der Waals surface area (Å²) in [5, 5.41) is -0.515. The van der Waals surface area contributed by atoms with Crippen LogP contribution in [0.1, 0.15) is 25.0 Å². The number of methoxy groups -OCH3 is 1. The summed E-state index contributed by atoms with van der Waals surface area (Å²) in [6, 6.07) is 12.1. The number of ether oxygens (including phenoxy) is 3. The maximum absolute atomic E-state index is 12.7. The Morgan fingerprint density at radius 3 is 2.50 bits per heavy atom. The zero-order chi connectivity index (χ0) is 23.3. The van der Waals surface area contributed by atoms with E-state index in [1.165, 1.54) is 14.0 Å². The summed E-state index contributed by atoms with van der Waals surface area (Å²) in [7, 11) is 1.21. The third kappa shape index (κ3) is 5.52. The summed E-state index contributed by atoms with van der Waals surface area (Å²) in [6.07, 6.45) is 1.59. The molecule has 0 unspecified atom stereocenters. The Morgan fingerprint density at radius 1 is 1.12 bits per heavy atom. The van der Waals surface area contributed by atoms with Gasteiger partial charge < -0.3 is 14.2 Å². The number of carbonyl (C=O) groups is 3. The van der Waals surface area contributed by atoms with Crippen LogP contribution in [0.5, 0.6) is 11.5 Å². The van der Waals surface area contributed by atoms with Gasteiger partial charge in [0.1, 0.15) is 12.6 Å². The Kier molecular flexibility index (Phi) is 7.98. The van der Waals surface area contributed by atoms with Crippen molar-refractivity contribution in [1.29, 1.82) is 0 Å². The number of hydrogen-bond donors (Lipinski definition) is 0. The highest BCUT2D eigenvalue weighted by atomic mass is 79.9. The van der Waals surface area contributed by atoms with Crippen LogP contribution >= 0.6 is 27.7 Å². The highest BCUT2D eigenvalue weighted by molar-refractivity contribution is 9.10. The number of imide groups is 1. The normalized spacial score (nSPS) is 15.8. The second-order valence-electron chi connectivity index (χ2n) is 6.81. The fourth-order valence-electron chi connectivity index (χ4n) is 2.98. The van der Waals surface area contributed by atoms with Crippen molar-refractivity contribution in [1.82, 2.24) is 4.90 Å². The molecule has 1 aliphatic heterocycles. The van der Waals surface area contributed by atoms with E-state index in [0.29, 0.717) is 30.3 Å². The molecule has 9 heteroatoms. The Hall–Kier alpha value is -2.78. The van der Waals surface area contributed by atoms with Gasteiger partial charge in [-0.2, -0.15) is 0 Å². The lowest BCUT2D eigenvalue weighted by atomic mass is 10.1. The standard InChI is InChI=1S/C23H22BrNO6S/c1-4-30-19-11-16(7-10-18(19)31-13-15-5-8-17(24)9-6-15)12-20-21(26)25(23(28)32-20)14(2)22(27)29-3/h5-12,14H,4,13H2,1-3H3/b20-12+/t14-/m0/s1. The molecule has 0 aromatic heterocycles. The van der Waals surface area contributed by atoms with Crippen molar-refractivity contribution >= 4 is 50.9 Å². The number of thioether (sulfide) groups is 1. The number of hydrogen-bond acceptors (Lipinski definition) is 7. The first-order valence-electron chi connectivity index (χ1n) is 9.83. The summed E-state index contributed by atoms with van der Waals surface area (Å²) in [4.78, 5) is 37.9. The van der Waals surface area contributed by atoms with Gasteiger partial charge in [0.25, 0.3) is 11.1 Å². The van der Waals surface area contributed by atoms with E-state index in [2.05, 4.69) is 20.7 Å². The Labute approximate surface area is 198 Å². The quantitative estimate of drug-likeness (QED) is 0.357. The van der Waals surface area contributed by atoms with Crippen molar-refractivity contribution in [2.75, 3.05) is 13.7 Å². The molecule has 1 heterocycles. The fraction of sp³-hybridized carbons (Fsp3) is 0.261. The molecule has 2 aromatic rings. The predicted molar refractivity (Wildman–Crippen MR) is 125 cm³/mol. The summed E-state index contributed by atoms with van der Waals surface area (Å²) in [6.45, 7) is 4.13. The first kappa shape index (κ1) is 23.9. The van der Waals surface area contributed by atoms with Gasteiger partial charge in [0.15, 0.2) is 11.5 Å². The fourth-order valence-corrected chi connectivity index (χ4v) is 4.16. The van der Waals surface area contributed by atoms with Gasteiger partial charge in [0, 0.05) is 4.47 Å². The van der Waals surface area contributed by atoms with Gasteiger partial charge >= 0.3 is 5.97 Å². The van der Waals surface area contributed by atoms with Crippen LogP contribution in [0.15, 0.2) is 51.8 Å². The van der Waals surface area contributed by atoms with Gasteiger partial charge in [-0.05, 0) is 67.1 Å². The van der Waals surface area contributed by atoms with Crippen LogP contribution in [0.3, 0.4) is 0 Å². The van der Waals surface area contributed by atoms with E-state index < -0.39 is 23.2 Å². The molecule has 0 radical (unpaired) electrons. The van der Waals surface area contributed by atoms with E-state index >= 15 is 0 Å². The number of esters is 1. The lowest BCUT2D eigenvalue weighted by Gasteiger charge is -2.18. The van der Waals surface area contributed by atoms with E-state index in [1.54, 1.807) is 24.3 Å². The first-order chi connectivity index (χ1) is 15.3. The Bertz CT molecular complexity index is 1050. The van der Waals surface area contributed by atoms with Gasteiger partial charge in [0.05, 0.1) is 18.6 Å². The van der Waals surface area contributed by atoms with E-state index in [9.17, 15) is 14.4 Å². The number of amides is 2. The van der Waals surface area contributed by atoms with E-state index in [0.717, 1.165) is 26.7 Å². The van der Waals surface area contributed by atoms with Crippen molar-refractivity contribution in [2.24, 2.45) is 0 Å². The third-order valence-electron chi connectivity index (χ3n) is 4.63. The number of nitrogens with zero attached hydrogens (tertiary/aromatic N) is 1. The molecule has 168 valence electrons. The smallest absolute Gasteiger partial charge is 0.328 e. The molecule has 3 rings (SSSR count). The molecular formula is C23H22BrNO6S. The SMILES string of the molecule is CCOc1cc(/C=C2/SC(=O)N([C@@H](C)C(=O)OC)C2=O)ccc1OCc1ccc(Br)cc1. The second kappa shape index (κ2) is 10.7. The highest BCUT2D eigenvalue weighted by Gasteiger charge is 2.41. The van der Waals surface area contributed by atoms with Gasteiger partial charge in [-0.25, -0.2) is 4.79 Å². The molecule has 1 saturated heterocycles. The molecule has 0 saturated carbocycles. The summed E-state index contributed by atoms with van der Waals surface area (Å²) < 4.78 is 17.3. The van der Waals surface area contributed by atoms with Crippen LogP contribution in [0.4, 0.5) is 4.79 Å². The first-order valence-corrected chi connectivity index (χ1v) is 11.4. The maximum Gasteiger partial charge on any atom is 0.328 e. The van der Waals surface area contributed by atoms with Gasteiger partial charge in [-0.3, -0.25) is 14.5 Å². The van der Waals surface area contributed by atoms with Crippen LogP contribution < -0.4 is 9.47 Å². The largest absolute Gasteiger partial charge is 0.490 e. The molecule has 0 N–H and O–H groups in total. The molecule has 32 heavy (non-hydrogen) atoms. The molecule has 2 aromatic carbocycles. The van der Waals surface area contributed by atoms with Crippen LogP contribution in [0, 0.1) is 0 Å². The highest BCUT2D eigenvalue weighted by Crippen LogP contribution is 2.36. The zero-order valence-corrected chi connectivity index (χ0v) is 20.2. The molecule has 1 atom stereocenters. The number of carbonyl (C=O) groups excluding carboxylic acids is 3. The zero-order valence-electron chi connectivity index (χ0n) is 17.8. The van der Waals surface area contributed by atoms with Crippen LogP contribution in [-0.2, 0) is 20.9 Å². The molecule has 2 amide bonds. The average Bonchev–Trinajstić information content (AvgIpc) is 3.06. The average molecular weight is 520 g/mol. The third-order valence-corrected chi connectivity index (χ3v) is 6.04. The van der Waals surface area contributed by atoms with Crippen LogP contribution in [0.25, 0.3) is 6.08 Å². The molecule has 0 spiro atoms.